The van der Waals surface area contributed by atoms with Gasteiger partial charge in [0, 0.05) is 16.5 Å². The Morgan fingerprint density at radius 1 is 0.914 bits per heavy atom. The van der Waals surface area contributed by atoms with Crippen LogP contribution in [0.5, 0.6) is 5.75 Å². The monoisotopic (exact) mass is 483 g/mol. The van der Waals surface area contributed by atoms with E-state index in [1.54, 1.807) is 0 Å². The van der Waals surface area contributed by atoms with E-state index in [1.807, 2.05) is 41.1 Å². The van der Waals surface area contributed by atoms with E-state index >= 15 is 0 Å². The third-order valence-corrected chi connectivity index (χ3v) is 6.84. The number of carbonyl (C=O) groups excluding carboxylic acids is 1. The first-order valence-electron chi connectivity index (χ1n) is 12.4. The topological polar surface area (TPSA) is 31.2 Å². The minimum Gasteiger partial charge on any atom is -0.493 e. The minimum absolute atomic E-state index is 0.362. The lowest BCUT2D eigenvalue weighted by Gasteiger charge is -2.14. The van der Waals surface area contributed by atoms with Gasteiger partial charge in [-0.2, -0.15) is 0 Å². The van der Waals surface area contributed by atoms with Gasteiger partial charge in [0.05, 0.1) is 18.7 Å². The lowest BCUT2D eigenvalue weighted by molar-refractivity contribution is -0.108. The molecule has 0 fully saturated rings. The molecular formula is C31H33NO2S. The van der Waals surface area contributed by atoms with Crippen molar-refractivity contribution < 1.29 is 9.53 Å². The Kier molecular flexibility index (Phi) is 8.85. The summed E-state index contributed by atoms with van der Waals surface area (Å²) in [5.74, 6) is 0.881. The normalized spacial score (nSPS) is 11.4. The molecule has 1 heterocycles. The van der Waals surface area contributed by atoms with Gasteiger partial charge in [0.1, 0.15) is 12.0 Å². The predicted molar refractivity (Wildman–Crippen MR) is 149 cm³/mol. The molecule has 0 bridgehead atoms. The van der Waals surface area contributed by atoms with Crippen LogP contribution in [-0.4, -0.2) is 17.5 Å². The summed E-state index contributed by atoms with van der Waals surface area (Å²) < 4.78 is 8.06. The van der Waals surface area contributed by atoms with Crippen molar-refractivity contribution in [3.8, 4) is 5.75 Å². The highest BCUT2D eigenvalue weighted by Crippen LogP contribution is 2.29. The third kappa shape index (κ3) is 6.26. The molecule has 3 nitrogen and oxygen atoms in total. The van der Waals surface area contributed by atoms with E-state index in [9.17, 15) is 4.79 Å². The average molecular weight is 484 g/mol. The van der Waals surface area contributed by atoms with Crippen LogP contribution in [0.25, 0.3) is 23.1 Å². The van der Waals surface area contributed by atoms with E-state index < -0.39 is 0 Å². The number of hydrogen-bond donors (Lipinski definition) is 1. The highest BCUT2D eigenvalue weighted by Gasteiger charge is 2.10. The van der Waals surface area contributed by atoms with Crippen LogP contribution in [0.2, 0.25) is 0 Å². The summed E-state index contributed by atoms with van der Waals surface area (Å²) in [5.41, 5.74) is 6.15. The Balaban J connectivity index is 1.36. The van der Waals surface area contributed by atoms with Crippen LogP contribution < -0.4 is 4.74 Å². The van der Waals surface area contributed by atoms with Gasteiger partial charge in [-0.15, -0.1) is 12.6 Å². The number of hydrogen-bond acceptors (Lipinski definition) is 3. The molecule has 0 unspecified atom stereocenters. The highest BCUT2D eigenvalue weighted by molar-refractivity contribution is 7.80. The summed E-state index contributed by atoms with van der Waals surface area (Å²) in [4.78, 5) is 12.0. The molecule has 4 rings (SSSR count). The highest BCUT2D eigenvalue weighted by atomic mass is 32.1. The van der Waals surface area contributed by atoms with Crippen LogP contribution in [0.15, 0.2) is 77.8 Å². The second kappa shape index (κ2) is 12.5. The molecule has 1 aromatic heterocycles. The molecule has 0 saturated carbocycles. The molecule has 35 heavy (non-hydrogen) atoms. The van der Waals surface area contributed by atoms with Gasteiger partial charge in [0.2, 0.25) is 0 Å². The van der Waals surface area contributed by atoms with Crippen molar-refractivity contribution in [2.75, 3.05) is 6.61 Å². The first-order chi connectivity index (χ1) is 17.2. The maximum Gasteiger partial charge on any atom is 0.139 e. The second-order valence-corrected chi connectivity index (χ2v) is 9.21. The van der Waals surface area contributed by atoms with Gasteiger partial charge in [-0.3, -0.25) is 0 Å². The lowest BCUT2D eigenvalue weighted by Crippen LogP contribution is -2.02. The Bertz CT molecular complexity index is 1290. The van der Waals surface area contributed by atoms with Crippen molar-refractivity contribution in [2.24, 2.45) is 0 Å². The van der Waals surface area contributed by atoms with Gasteiger partial charge in [-0.05, 0) is 66.1 Å². The van der Waals surface area contributed by atoms with Gasteiger partial charge in [0.25, 0.3) is 0 Å². The van der Waals surface area contributed by atoms with E-state index in [1.165, 1.54) is 22.3 Å². The standard InChI is InChI=1S/C31H33NO2S/c1-2-9-27-25(17-18-26(31(27)35)16-15-24-10-4-3-5-11-24)12-6-7-23-34-30-14-8-13-29-28(30)19-20-32(29)21-22-33/h3-5,8,10-11,13-20,22,35H,2,6-7,9,12,21,23H2,1H3/b16-15+. The smallest absolute Gasteiger partial charge is 0.139 e. The molecule has 0 aliphatic heterocycles. The first-order valence-corrected chi connectivity index (χ1v) is 12.9. The van der Waals surface area contributed by atoms with Crippen molar-refractivity contribution in [3.05, 3.63) is 95.2 Å². The quantitative estimate of drug-likeness (QED) is 0.0971. The van der Waals surface area contributed by atoms with Crippen molar-refractivity contribution in [1.82, 2.24) is 4.57 Å². The van der Waals surface area contributed by atoms with Crippen molar-refractivity contribution >= 4 is 42.0 Å². The summed E-state index contributed by atoms with van der Waals surface area (Å²) in [6, 6.07) is 22.9. The van der Waals surface area contributed by atoms with Gasteiger partial charge in [0.15, 0.2) is 0 Å². The van der Waals surface area contributed by atoms with Crippen molar-refractivity contribution in [3.63, 3.8) is 0 Å². The Morgan fingerprint density at radius 3 is 2.57 bits per heavy atom. The SMILES string of the molecule is CCCc1c(CCCCOc2cccc3c2ccn3CC=O)ccc(/C=C/c2ccccc2)c1S. The number of ether oxygens (including phenoxy) is 1. The van der Waals surface area contributed by atoms with E-state index in [0.717, 1.165) is 59.9 Å². The Morgan fingerprint density at radius 2 is 1.77 bits per heavy atom. The predicted octanol–water partition coefficient (Wildman–Crippen LogP) is 7.65. The number of unbranched alkanes of at least 4 members (excludes halogenated alkanes) is 1. The maximum absolute atomic E-state index is 10.9. The molecular weight excluding hydrogens is 450 g/mol. The summed E-state index contributed by atoms with van der Waals surface area (Å²) in [5, 5.41) is 1.05. The molecule has 0 radical (unpaired) electrons. The number of fused-ring (bicyclic) bond motifs is 1. The summed E-state index contributed by atoms with van der Waals surface area (Å²) in [6.07, 6.45) is 12.4. The zero-order valence-corrected chi connectivity index (χ0v) is 21.2. The maximum atomic E-state index is 10.9. The minimum atomic E-state index is 0.362. The van der Waals surface area contributed by atoms with Crippen LogP contribution in [0.3, 0.4) is 0 Å². The molecule has 4 heteroatoms. The van der Waals surface area contributed by atoms with E-state index in [2.05, 4.69) is 55.5 Å². The number of benzene rings is 3. The summed E-state index contributed by atoms with van der Waals surface area (Å²) in [6.45, 7) is 3.26. The molecule has 0 aliphatic rings. The fourth-order valence-electron chi connectivity index (χ4n) is 4.50. The third-order valence-electron chi connectivity index (χ3n) is 6.31. The van der Waals surface area contributed by atoms with Gasteiger partial charge in [-0.1, -0.05) is 74.0 Å². The number of rotatable bonds is 12. The van der Waals surface area contributed by atoms with Gasteiger partial charge < -0.3 is 14.1 Å². The van der Waals surface area contributed by atoms with Crippen LogP contribution in [0, 0.1) is 0 Å². The number of nitrogens with zero attached hydrogens (tertiary/aromatic N) is 1. The van der Waals surface area contributed by atoms with E-state index in [0.29, 0.717) is 13.2 Å². The fraction of sp³-hybridized carbons (Fsp3) is 0.258. The van der Waals surface area contributed by atoms with Crippen molar-refractivity contribution in [2.45, 2.75) is 50.5 Å². The summed E-state index contributed by atoms with van der Waals surface area (Å²) >= 11 is 4.92. The molecule has 180 valence electrons. The Hall–Kier alpha value is -3.24. The van der Waals surface area contributed by atoms with Crippen LogP contribution in [-0.2, 0) is 24.2 Å². The zero-order valence-electron chi connectivity index (χ0n) is 20.3. The number of aryl methyl sites for hydroxylation is 1. The average Bonchev–Trinajstić information content (AvgIpc) is 3.30. The van der Waals surface area contributed by atoms with Gasteiger partial charge in [-0.25, -0.2) is 0 Å². The van der Waals surface area contributed by atoms with Crippen molar-refractivity contribution in [1.29, 1.82) is 0 Å². The molecule has 3 aromatic carbocycles. The molecule has 0 atom stereocenters. The number of carbonyl (C=O) groups is 1. The molecule has 0 amide bonds. The number of aldehydes is 1. The van der Waals surface area contributed by atoms with Gasteiger partial charge >= 0.3 is 0 Å². The zero-order chi connectivity index (χ0) is 24.5. The number of aromatic nitrogens is 1. The fourth-order valence-corrected chi connectivity index (χ4v) is 4.91. The largest absolute Gasteiger partial charge is 0.493 e. The first kappa shape index (κ1) is 24.9. The summed E-state index contributed by atoms with van der Waals surface area (Å²) in [7, 11) is 0. The Labute approximate surface area is 213 Å². The van der Waals surface area contributed by atoms with Crippen LogP contribution >= 0.6 is 12.6 Å². The number of thiol groups is 1. The van der Waals surface area contributed by atoms with Crippen LogP contribution in [0.1, 0.15) is 48.4 Å². The molecule has 0 N–H and O–H groups in total. The molecule has 0 spiro atoms. The van der Waals surface area contributed by atoms with E-state index in [-0.39, 0.29) is 0 Å². The lowest BCUT2D eigenvalue weighted by atomic mass is 9.95. The van der Waals surface area contributed by atoms with Crippen LogP contribution in [0.4, 0.5) is 0 Å². The van der Waals surface area contributed by atoms with E-state index in [4.69, 9.17) is 17.4 Å². The second-order valence-electron chi connectivity index (χ2n) is 8.76. The molecule has 0 saturated heterocycles. The molecule has 0 aliphatic carbocycles. The molecule has 4 aromatic rings.